The average molecular weight is 817 g/mol. The molecule has 1 aliphatic carbocycles. The van der Waals surface area contributed by atoms with E-state index < -0.39 is 60.6 Å². The predicted octanol–water partition coefficient (Wildman–Crippen LogP) is 5.93. The van der Waals surface area contributed by atoms with Crippen LogP contribution in [0.15, 0.2) is 103 Å². The van der Waals surface area contributed by atoms with Crippen molar-refractivity contribution in [2.45, 2.75) is 37.0 Å². The van der Waals surface area contributed by atoms with E-state index in [2.05, 4.69) is 41.5 Å². The van der Waals surface area contributed by atoms with E-state index in [0.717, 1.165) is 23.8 Å². The number of hydrogen-bond donors (Lipinski definition) is 5. The lowest BCUT2D eigenvalue weighted by Crippen LogP contribution is -2.50. The van der Waals surface area contributed by atoms with Gasteiger partial charge in [-0.25, -0.2) is 4.79 Å². The fourth-order valence-electron chi connectivity index (χ4n) is 5.74. The van der Waals surface area contributed by atoms with Crippen molar-refractivity contribution in [2.75, 3.05) is 36.2 Å². The third kappa shape index (κ3) is 11.4. The van der Waals surface area contributed by atoms with Crippen molar-refractivity contribution in [3.05, 3.63) is 130 Å². The summed E-state index contributed by atoms with van der Waals surface area (Å²) in [6, 6.07) is 27.6. The van der Waals surface area contributed by atoms with Gasteiger partial charge in [0.15, 0.2) is 6.61 Å². The molecule has 1 saturated carbocycles. The summed E-state index contributed by atoms with van der Waals surface area (Å²) in [5.41, 5.74) is 3.13. The molecule has 1 aromatic heterocycles. The zero-order valence-corrected chi connectivity index (χ0v) is 31.5. The maximum atomic E-state index is 13.2. The van der Waals surface area contributed by atoms with Gasteiger partial charge in [0, 0.05) is 28.5 Å². The number of nitrogens with one attached hydrogen (secondary N) is 5. The molecule has 18 heteroatoms. The van der Waals surface area contributed by atoms with Crippen LogP contribution in [0.2, 0.25) is 5.02 Å². The van der Waals surface area contributed by atoms with Crippen LogP contribution < -0.4 is 31.3 Å². The molecule has 1 atom stereocenters. The molecule has 300 valence electrons. The number of amides is 3. The van der Waals surface area contributed by atoms with Gasteiger partial charge in [0.25, 0.3) is 5.91 Å². The molecule has 1 heterocycles. The molecule has 0 aliphatic heterocycles. The lowest BCUT2D eigenvalue weighted by atomic mass is 10.0. The van der Waals surface area contributed by atoms with E-state index >= 15 is 0 Å². The topological polar surface area (TPSA) is 186 Å². The molecular weight excluding hydrogens is 781 g/mol. The Morgan fingerprint density at radius 1 is 0.810 bits per heavy atom. The fourth-order valence-corrected chi connectivity index (χ4v) is 5.86. The number of nitrogens with zero attached hydrogens (tertiary/aromatic N) is 3. The first-order valence-corrected chi connectivity index (χ1v) is 18.1. The Bertz CT molecular complexity index is 2260. The van der Waals surface area contributed by atoms with E-state index in [1.165, 1.54) is 24.3 Å². The van der Waals surface area contributed by atoms with Crippen LogP contribution in [-0.2, 0) is 31.1 Å². The summed E-state index contributed by atoms with van der Waals surface area (Å²) in [7, 11) is 1.10. The lowest BCUT2D eigenvalue weighted by Gasteiger charge is -2.19. The number of benzene rings is 4. The molecule has 0 saturated heterocycles. The number of methoxy groups -OCH3 is 1. The molecule has 0 spiro atoms. The van der Waals surface area contributed by atoms with Crippen LogP contribution in [0.5, 0.6) is 6.01 Å². The number of hydrogen-bond acceptors (Lipinski definition) is 11. The van der Waals surface area contributed by atoms with Gasteiger partial charge in [-0.05, 0) is 84.5 Å². The van der Waals surface area contributed by atoms with Crippen molar-refractivity contribution < 1.29 is 41.8 Å². The Morgan fingerprint density at radius 2 is 1.50 bits per heavy atom. The average Bonchev–Trinajstić information content (AvgIpc) is 3.99. The number of rotatable bonds is 15. The SMILES string of the molecule is COC(=O)[C@H](CNC(=O)C(=O)Nc1cccc(Cc2ccccc2)c1)NC(=O)c1ccc(Nc2nc(NC3(c4ccc(Cl)cc4)CC3)nc(OCC(F)(F)F)n2)cc1. The van der Waals surface area contributed by atoms with E-state index in [4.69, 9.17) is 21.1 Å². The molecule has 1 fully saturated rings. The van der Waals surface area contributed by atoms with Crippen molar-refractivity contribution >= 4 is 58.6 Å². The smallest absolute Gasteiger partial charge is 0.422 e. The minimum Gasteiger partial charge on any atom is -0.467 e. The largest absolute Gasteiger partial charge is 0.467 e. The molecule has 0 bridgehead atoms. The summed E-state index contributed by atoms with van der Waals surface area (Å²) in [5.74, 6) is -3.82. The van der Waals surface area contributed by atoms with E-state index in [-0.39, 0.29) is 17.5 Å². The highest BCUT2D eigenvalue weighted by Gasteiger charge is 2.45. The third-order valence-corrected chi connectivity index (χ3v) is 9.03. The summed E-state index contributed by atoms with van der Waals surface area (Å²) in [4.78, 5) is 63.4. The minimum atomic E-state index is -4.64. The number of ether oxygens (including phenoxy) is 2. The van der Waals surface area contributed by atoms with E-state index in [0.29, 0.717) is 35.7 Å². The second kappa shape index (κ2) is 18.0. The second-order valence-corrected chi connectivity index (χ2v) is 13.6. The first kappa shape index (κ1) is 40.9. The Kier molecular flexibility index (Phi) is 12.7. The van der Waals surface area contributed by atoms with Gasteiger partial charge in [-0.3, -0.25) is 14.4 Å². The van der Waals surface area contributed by atoms with Crippen molar-refractivity contribution in [1.82, 2.24) is 25.6 Å². The number of halogens is 4. The molecule has 3 amide bonds. The zero-order valence-electron chi connectivity index (χ0n) is 30.7. The monoisotopic (exact) mass is 816 g/mol. The van der Waals surface area contributed by atoms with Crippen LogP contribution in [0.1, 0.15) is 39.9 Å². The summed E-state index contributed by atoms with van der Waals surface area (Å²) in [5, 5.41) is 13.9. The molecular formula is C40H36ClF3N8O6. The highest BCUT2D eigenvalue weighted by Crippen LogP contribution is 2.48. The van der Waals surface area contributed by atoms with Gasteiger partial charge < -0.3 is 36.1 Å². The van der Waals surface area contributed by atoms with Crippen molar-refractivity contribution in [3.63, 3.8) is 0 Å². The molecule has 5 N–H and O–H groups in total. The predicted molar refractivity (Wildman–Crippen MR) is 208 cm³/mol. The van der Waals surface area contributed by atoms with Gasteiger partial charge in [0.2, 0.25) is 11.9 Å². The van der Waals surface area contributed by atoms with Crippen LogP contribution in [-0.4, -0.2) is 71.1 Å². The highest BCUT2D eigenvalue weighted by atomic mass is 35.5. The fraction of sp³-hybridized carbons (Fsp3) is 0.225. The van der Waals surface area contributed by atoms with Gasteiger partial charge in [0.05, 0.1) is 12.6 Å². The lowest BCUT2D eigenvalue weighted by molar-refractivity contribution is -0.154. The van der Waals surface area contributed by atoms with Gasteiger partial charge in [-0.1, -0.05) is 66.2 Å². The summed E-state index contributed by atoms with van der Waals surface area (Å²) < 4.78 is 48.6. The maximum Gasteiger partial charge on any atom is 0.422 e. The number of anilines is 4. The Balaban J connectivity index is 1.07. The van der Waals surface area contributed by atoms with Gasteiger partial charge in [-0.2, -0.15) is 28.1 Å². The highest BCUT2D eigenvalue weighted by molar-refractivity contribution is 6.39. The Morgan fingerprint density at radius 3 is 2.17 bits per heavy atom. The van der Waals surface area contributed by atoms with Gasteiger partial charge in [-0.15, -0.1) is 0 Å². The van der Waals surface area contributed by atoms with Crippen LogP contribution in [0.3, 0.4) is 0 Å². The van der Waals surface area contributed by atoms with Crippen molar-refractivity contribution in [3.8, 4) is 6.01 Å². The van der Waals surface area contributed by atoms with Crippen molar-refractivity contribution in [2.24, 2.45) is 0 Å². The zero-order chi connectivity index (χ0) is 41.3. The first-order chi connectivity index (χ1) is 27.8. The molecule has 58 heavy (non-hydrogen) atoms. The van der Waals surface area contributed by atoms with Crippen molar-refractivity contribution in [1.29, 1.82) is 0 Å². The Hall–Kier alpha value is -6.75. The summed E-state index contributed by atoms with van der Waals surface area (Å²) in [6.45, 7) is -2.10. The molecule has 1 aliphatic rings. The molecule has 0 radical (unpaired) electrons. The van der Waals surface area contributed by atoms with Crippen LogP contribution in [0.4, 0.5) is 36.4 Å². The maximum absolute atomic E-state index is 13.2. The standard InChI is InChI=1S/C40H36ClF3N8O6/c1-57-35(56)31(22-45-33(54)34(55)46-30-9-5-8-25(21-30)20-24-6-3-2-4-7-24)48-32(53)26-10-16-29(17-11-26)47-36-49-37(51-38(50-36)58-23-40(42,43)44)52-39(18-19-39)27-12-14-28(41)15-13-27/h2-17,21,31H,18-20,22-23H2,1H3,(H,45,54)(H,46,55)(H,48,53)(H2,47,49,50,51,52)/t31-/m0/s1. The second-order valence-electron chi connectivity index (χ2n) is 13.2. The van der Waals surface area contributed by atoms with Crippen LogP contribution >= 0.6 is 11.6 Å². The number of aromatic nitrogens is 3. The van der Waals surface area contributed by atoms with Gasteiger partial charge in [0.1, 0.15) is 6.04 Å². The van der Waals surface area contributed by atoms with Gasteiger partial charge >= 0.3 is 30.0 Å². The van der Waals surface area contributed by atoms with Crippen LogP contribution in [0, 0.1) is 0 Å². The normalized spacial score (nSPS) is 13.3. The van der Waals surface area contributed by atoms with E-state index in [9.17, 15) is 32.3 Å². The molecule has 6 rings (SSSR count). The minimum absolute atomic E-state index is 0.0374. The quantitative estimate of drug-likeness (QED) is 0.0624. The number of carbonyl (C=O) groups is 4. The van der Waals surface area contributed by atoms with E-state index in [1.54, 1.807) is 30.3 Å². The van der Waals surface area contributed by atoms with Crippen LogP contribution in [0.25, 0.3) is 0 Å². The van der Waals surface area contributed by atoms with E-state index in [1.807, 2.05) is 48.5 Å². The molecule has 0 unspecified atom stereocenters. The molecule has 5 aromatic rings. The summed E-state index contributed by atoms with van der Waals surface area (Å²) in [6.07, 6.45) is -2.62. The first-order valence-electron chi connectivity index (χ1n) is 17.8. The number of esters is 1. The summed E-state index contributed by atoms with van der Waals surface area (Å²) >= 11 is 6.04. The Labute approximate surface area is 334 Å². The third-order valence-electron chi connectivity index (χ3n) is 8.78. The number of carbonyl (C=O) groups excluding carboxylic acids is 4. The molecule has 4 aromatic carbocycles. The number of alkyl halides is 3. The molecule has 14 nitrogen and oxygen atoms in total.